The maximum Gasteiger partial charge on any atom is 0.325 e. The number of rotatable bonds is 6. The number of carbonyl (C=O) groups excluding carboxylic acids is 2. The van der Waals surface area contributed by atoms with Gasteiger partial charge in [0.1, 0.15) is 23.7 Å². The Morgan fingerprint density at radius 3 is 2.47 bits per heavy atom. The van der Waals surface area contributed by atoms with Crippen molar-refractivity contribution in [2.45, 2.75) is 25.4 Å². The molecule has 0 aliphatic carbocycles. The molecule has 1 unspecified atom stereocenters. The third-order valence-electron chi connectivity index (χ3n) is 5.15. The number of nitrogens with zero attached hydrogens (tertiary/aromatic N) is 3. The standard InChI is InChI=1S/C21H19FN4O4/c1-3-21(14-6-10-16(29-2)11-7-14)19(27)26(20(28)24-21)12-17-23-18(25-30-17)13-4-8-15(22)9-5-13/h4-11H,3,12H2,1-2H3,(H,24,28). The molecule has 0 saturated carbocycles. The van der Waals surface area contributed by atoms with Crippen molar-refractivity contribution >= 4 is 11.9 Å². The van der Waals surface area contributed by atoms with E-state index in [1.807, 2.05) is 6.92 Å². The first-order valence-corrected chi connectivity index (χ1v) is 9.34. The number of carbonyl (C=O) groups is 2. The van der Waals surface area contributed by atoms with Crippen LogP contribution >= 0.6 is 0 Å². The number of nitrogens with one attached hydrogen (secondary N) is 1. The molecular weight excluding hydrogens is 391 g/mol. The molecule has 1 N–H and O–H groups in total. The molecule has 3 aromatic rings. The SMILES string of the molecule is CCC1(c2ccc(OC)cc2)NC(=O)N(Cc2nc(-c3ccc(F)cc3)no2)C1=O. The lowest BCUT2D eigenvalue weighted by Gasteiger charge is -2.25. The second kappa shape index (κ2) is 7.58. The van der Waals surface area contributed by atoms with E-state index < -0.39 is 17.5 Å². The summed E-state index contributed by atoms with van der Waals surface area (Å²) in [6, 6.07) is 12.0. The van der Waals surface area contributed by atoms with Gasteiger partial charge in [-0.2, -0.15) is 4.98 Å². The summed E-state index contributed by atoms with van der Waals surface area (Å²) in [7, 11) is 1.55. The molecule has 2 aromatic carbocycles. The largest absolute Gasteiger partial charge is 0.497 e. The fourth-order valence-electron chi connectivity index (χ4n) is 3.46. The molecule has 1 aromatic heterocycles. The van der Waals surface area contributed by atoms with Crippen molar-refractivity contribution in [1.82, 2.24) is 20.4 Å². The highest BCUT2D eigenvalue weighted by atomic mass is 19.1. The van der Waals surface area contributed by atoms with Gasteiger partial charge in [-0.3, -0.25) is 9.69 Å². The average molecular weight is 410 g/mol. The Morgan fingerprint density at radius 2 is 1.83 bits per heavy atom. The molecule has 30 heavy (non-hydrogen) atoms. The number of benzene rings is 2. The van der Waals surface area contributed by atoms with Gasteiger partial charge in [0.25, 0.3) is 5.91 Å². The Bertz CT molecular complexity index is 1080. The number of aromatic nitrogens is 2. The number of halogens is 1. The highest BCUT2D eigenvalue weighted by Crippen LogP contribution is 2.34. The highest BCUT2D eigenvalue weighted by molar-refractivity contribution is 6.07. The monoisotopic (exact) mass is 410 g/mol. The van der Waals surface area contributed by atoms with Crippen LogP contribution in [0.4, 0.5) is 9.18 Å². The van der Waals surface area contributed by atoms with Gasteiger partial charge >= 0.3 is 6.03 Å². The van der Waals surface area contributed by atoms with Crippen molar-refractivity contribution in [3.63, 3.8) is 0 Å². The number of hydrogen-bond acceptors (Lipinski definition) is 6. The summed E-state index contributed by atoms with van der Waals surface area (Å²) in [5.74, 6) is 0.212. The van der Waals surface area contributed by atoms with Gasteiger partial charge in [0.2, 0.25) is 11.7 Å². The molecule has 0 spiro atoms. The maximum atomic E-state index is 13.2. The molecule has 2 heterocycles. The zero-order chi connectivity index (χ0) is 21.3. The Morgan fingerprint density at radius 1 is 1.13 bits per heavy atom. The molecule has 8 nitrogen and oxygen atoms in total. The van der Waals surface area contributed by atoms with Crippen molar-refractivity contribution in [2.75, 3.05) is 7.11 Å². The van der Waals surface area contributed by atoms with Gasteiger partial charge in [0.15, 0.2) is 0 Å². The van der Waals surface area contributed by atoms with Gasteiger partial charge in [-0.05, 0) is 48.4 Å². The van der Waals surface area contributed by atoms with E-state index in [0.717, 1.165) is 4.90 Å². The van der Waals surface area contributed by atoms with Crippen LogP contribution in [0.25, 0.3) is 11.4 Å². The smallest absolute Gasteiger partial charge is 0.325 e. The van der Waals surface area contributed by atoms with Gasteiger partial charge in [-0.1, -0.05) is 24.2 Å². The van der Waals surface area contributed by atoms with Crippen LogP contribution in [-0.4, -0.2) is 34.1 Å². The first-order chi connectivity index (χ1) is 14.5. The summed E-state index contributed by atoms with van der Waals surface area (Å²) in [6.45, 7) is 1.65. The van der Waals surface area contributed by atoms with Gasteiger partial charge < -0.3 is 14.6 Å². The highest BCUT2D eigenvalue weighted by Gasteiger charge is 2.51. The molecule has 1 aliphatic heterocycles. The van der Waals surface area contributed by atoms with E-state index in [1.54, 1.807) is 31.4 Å². The van der Waals surface area contributed by atoms with Crippen molar-refractivity contribution in [1.29, 1.82) is 0 Å². The van der Waals surface area contributed by atoms with E-state index in [0.29, 0.717) is 23.3 Å². The maximum absolute atomic E-state index is 13.2. The Hall–Kier alpha value is -3.75. The summed E-state index contributed by atoms with van der Waals surface area (Å²) in [4.78, 5) is 31.1. The number of amides is 3. The molecule has 4 rings (SSSR count). The van der Waals surface area contributed by atoms with Crippen LogP contribution in [0.2, 0.25) is 0 Å². The third-order valence-corrected chi connectivity index (χ3v) is 5.15. The molecule has 9 heteroatoms. The fraction of sp³-hybridized carbons (Fsp3) is 0.238. The molecule has 0 radical (unpaired) electrons. The van der Waals surface area contributed by atoms with E-state index in [9.17, 15) is 14.0 Å². The van der Waals surface area contributed by atoms with Crippen molar-refractivity contribution in [3.8, 4) is 17.1 Å². The van der Waals surface area contributed by atoms with Crippen LogP contribution in [0.5, 0.6) is 5.75 Å². The number of hydrogen-bond donors (Lipinski definition) is 1. The lowest BCUT2D eigenvalue weighted by molar-refractivity contribution is -0.132. The first kappa shape index (κ1) is 19.6. The topological polar surface area (TPSA) is 97.6 Å². The normalized spacial score (nSPS) is 18.6. The quantitative estimate of drug-likeness (QED) is 0.627. The second-order valence-corrected chi connectivity index (χ2v) is 6.83. The molecule has 1 aliphatic rings. The van der Waals surface area contributed by atoms with Gasteiger partial charge in [-0.25, -0.2) is 9.18 Å². The minimum atomic E-state index is -1.18. The zero-order valence-corrected chi connectivity index (χ0v) is 16.4. The Kier molecular flexibility index (Phi) is 4.94. The van der Waals surface area contributed by atoms with E-state index in [2.05, 4.69) is 15.5 Å². The van der Waals surface area contributed by atoms with Crippen molar-refractivity contribution in [3.05, 3.63) is 65.8 Å². The summed E-state index contributed by atoms with van der Waals surface area (Å²) >= 11 is 0. The van der Waals surface area contributed by atoms with E-state index in [4.69, 9.17) is 9.26 Å². The molecular formula is C21H19FN4O4. The lowest BCUT2D eigenvalue weighted by Crippen LogP contribution is -2.43. The van der Waals surface area contributed by atoms with Gasteiger partial charge in [0, 0.05) is 5.56 Å². The number of methoxy groups -OCH3 is 1. The Labute approximate surface area is 171 Å². The van der Waals surface area contributed by atoms with Gasteiger partial charge in [0.05, 0.1) is 7.11 Å². The molecule has 3 amide bonds. The van der Waals surface area contributed by atoms with Crippen LogP contribution in [0.3, 0.4) is 0 Å². The van der Waals surface area contributed by atoms with E-state index in [-0.39, 0.29) is 24.1 Å². The van der Waals surface area contributed by atoms with E-state index >= 15 is 0 Å². The predicted molar refractivity (Wildman–Crippen MR) is 104 cm³/mol. The lowest BCUT2D eigenvalue weighted by atomic mass is 9.87. The van der Waals surface area contributed by atoms with Crippen molar-refractivity contribution in [2.24, 2.45) is 0 Å². The minimum Gasteiger partial charge on any atom is -0.497 e. The summed E-state index contributed by atoms with van der Waals surface area (Å²) < 4.78 is 23.5. The van der Waals surface area contributed by atoms with Crippen LogP contribution in [-0.2, 0) is 16.9 Å². The minimum absolute atomic E-state index is 0.0967. The molecule has 1 atom stereocenters. The first-order valence-electron chi connectivity index (χ1n) is 9.34. The van der Waals surface area contributed by atoms with Gasteiger partial charge in [-0.15, -0.1) is 0 Å². The van der Waals surface area contributed by atoms with E-state index in [1.165, 1.54) is 24.3 Å². The number of ether oxygens (including phenoxy) is 1. The molecule has 154 valence electrons. The zero-order valence-electron chi connectivity index (χ0n) is 16.4. The summed E-state index contributed by atoms with van der Waals surface area (Å²) in [5.41, 5.74) is 0.0392. The molecule has 1 saturated heterocycles. The number of urea groups is 1. The predicted octanol–water partition coefficient (Wildman–Crippen LogP) is 3.24. The summed E-state index contributed by atoms with van der Waals surface area (Å²) in [6.07, 6.45) is 0.366. The van der Waals surface area contributed by atoms with Crippen LogP contribution in [0.1, 0.15) is 24.8 Å². The van der Waals surface area contributed by atoms with Crippen LogP contribution < -0.4 is 10.1 Å². The molecule has 1 fully saturated rings. The van der Waals surface area contributed by atoms with Crippen molar-refractivity contribution < 1.29 is 23.2 Å². The molecule has 0 bridgehead atoms. The fourth-order valence-corrected chi connectivity index (χ4v) is 3.46. The third kappa shape index (κ3) is 3.28. The van der Waals surface area contributed by atoms with Crippen LogP contribution in [0, 0.1) is 5.82 Å². The van der Waals surface area contributed by atoms with Crippen LogP contribution in [0.15, 0.2) is 53.1 Å². The Balaban J connectivity index is 1.57. The summed E-state index contributed by atoms with van der Waals surface area (Å²) in [5, 5.41) is 6.65. The number of imide groups is 1. The average Bonchev–Trinajstić information content (AvgIpc) is 3.33. The second-order valence-electron chi connectivity index (χ2n) is 6.83.